The first-order valence-electron chi connectivity index (χ1n) is 9.53. The van der Waals surface area contributed by atoms with E-state index in [1.54, 1.807) is 14.1 Å². The molecule has 3 amide bonds. The highest BCUT2D eigenvalue weighted by atomic mass is 35.5. The zero-order valence-corrected chi connectivity index (χ0v) is 18.9. The van der Waals surface area contributed by atoms with Gasteiger partial charge in [-0.1, -0.05) is 30.3 Å². The van der Waals surface area contributed by atoms with E-state index < -0.39 is 24.2 Å². The van der Waals surface area contributed by atoms with Gasteiger partial charge < -0.3 is 26.0 Å². The zero-order valence-electron chi connectivity index (χ0n) is 17.2. The molecule has 2 aromatic rings. The van der Waals surface area contributed by atoms with Crippen molar-refractivity contribution in [1.29, 1.82) is 0 Å². The fraction of sp³-hybridized carbons (Fsp3) is 0.400. The highest BCUT2D eigenvalue weighted by Crippen LogP contribution is 2.23. The van der Waals surface area contributed by atoms with E-state index in [1.165, 1.54) is 16.2 Å². The number of carbonyl (C=O) groups is 3. The molecular formula is C20H26ClN5O4S. The van der Waals surface area contributed by atoms with Crippen molar-refractivity contribution in [3.63, 3.8) is 0 Å². The maximum Gasteiger partial charge on any atom is 0.253 e. The van der Waals surface area contributed by atoms with Crippen molar-refractivity contribution in [2.75, 3.05) is 26.4 Å². The first kappa shape index (κ1) is 24.6. The van der Waals surface area contributed by atoms with Crippen LogP contribution in [0.5, 0.6) is 0 Å². The Labute approximate surface area is 190 Å². The minimum absolute atomic E-state index is 0. The maximum absolute atomic E-state index is 12.5. The lowest BCUT2D eigenvalue weighted by molar-refractivity contribution is -0.134. The van der Waals surface area contributed by atoms with E-state index in [0.717, 1.165) is 11.3 Å². The molecule has 0 radical (unpaired) electrons. The lowest BCUT2D eigenvalue weighted by Gasteiger charge is -2.21. The van der Waals surface area contributed by atoms with Crippen LogP contribution in [0.2, 0.25) is 0 Å². The number of thiazole rings is 1. The minimum atomic E-state index is -0.895. The molecular weight excluding hydrogens is 442 g/mol. The van der Waals surface area contributed by atoms with E-state index in [2.05, 4.69) is 15.6 Å². The summed E-state index contributed by atoms with van der Waals surface area (Å²) in [4.78, 5) is 42.8. The second kappa shape index (κ2) is 11.1. The molecule has 1 aliphatic rings. The molecule has 0 saturated carbocycles. The number of anilines is 1. The quantitative estimate of drug-likeness (QED) is 0.457. The molecule has 0 aliphatic carbocycles. The molecule has 31 heavy (non-hydrogen) atoms. The van der Waals surface area contributed by atoms with Crippen molar-refractivity contribution in [3.8, 4) is 0 Å². The van der Waals surface area contributed by atoms with Crippen molar-refractivity contribution in [3.05, 3.63) is 47.0 Å². The van der Waals surface area contributed by atoms with E-state index in [4.69, 9.17) is 10.5 Å². The van der Waals surface area contributed by atoms with E-state index in [0.29, 0.717) is 24.5 Å². The number of rotatable bonds is 9. The van der Waals surface area contributed by atoms with Crippen molar-refractivity contribution in [2.45, 2.75) is 31.1 Å². The van der Waals surface area contributed by atoms with Crippen molar-refractivity contribution >= 4 is 46.6 Å². The van der Waals surface area contributed by atoms with Gasteiger partial charge in [0.05, 0.1) is 5.69 Å². The van der Waals surface area contributed by atoms with Crippen molar-refractivity contribution in [2.24, 2.45) is 0 Å². The number of ether oxygens (including phenoxy) is 1. The van der Waals surface area contributed by atoms with Gasteiger partial charge in [0.25, 0.3) is 11.8 Å². The van der Waals surface area contributed by atoms with Crippen LogP contribution in [0.25, 0.3) is 0 Å². The van der Waals surface area contributed by atoms with Crippen LogP contribution in [0, 0.1) is 0 Å². The van der Waals surface area contributed by atoms with Crippen LogP contribution >= 0.6 is 23.7 Å². The summed E-state index contributed by atoms with van der Waals surface area (Å²) in [6.45, 7) is 0.367. The summed E-state index contributed by atoms with van der Waals surface area (Å²) in [5, 5.41) is 7.76. The number of halogens is 1. The zero-order chi connectivity index (χ0) is 21.7. The van der Waals surface area contributed by atoms with Crippen molar-refractivity contribution in [1.82, 2.24) is 20.5 Å². The number of nitrogens with one attached hydrogen (secondary N) is 2. The van der Waals surface area contributed by atoms with Crippen LogP contribution in [-0.2, 0) is 32.0 Å². The van der Waals surface area contributed by atoms with Gasteiger partial charge in [0.2, 0.25) is 5.91 Å². The smallest absolute Gasteiger partial charge is 0.253 e. The molecule has 3 atom stereocenters. The maximum atomic E-state index is 12.5. The van der Waals surface area contributed by atoms with E-state index in [9.17, 15) is 14.4 Å². The van der Waals surface area contributed by atoms with Gasteiger partial charge in [0.15, 0.2) is 17.3 Å². The molecule has 0 bridgehead atoms. The second-order valence-corrected chi connectivity index (χ2v) is 8.07. The minimum Gasteiger partial charge on any atom is -0.375 e. The van der Waals surface area contributed by atoms with Gasteiger partial charge in [0.1, 0.15) is 6.04 Å². The third kappa shape index (κ3) is 6.91. The Morgan fingerprint density at radius 2 is 1.87 bits per heavy atom. The molecule has 4 N–H and O–H groups in total. The Hall–Kier alpha value is -2.69. The van der Waals surface area contributed by atoms with Gasteiger partial charge in [-0.25, -0.2) is 4.98 Å². The van der Waals surface area contributed by atoms with E-state index in [1.807, 2.05) is 35.7 Å². The van der Waals surface area contributed by atoms with E-state index in [-0.39, 0.29) is 24.2 Å². The standard InChI is InChI=1S/C20H25N5O4S.ClH/c1-25(2)19(28)14(10-12-6-4-3-5-7-12)24-18(27)16-15(29-16)17(26)22-9-8-13-11-30-20(21)23-13;/h3-7,11,14-16H,8-10H2,1-2H3,(H2,21,23)(H,22,26)(H,24,27);1H/t14-,15?,16?;/m0./s1. The molecule has 11 heteroatoms. The average molecular weight is 468 g/mol. The van der Waals surface area contributed by atoms with Gasteiger partial charge in [0, 0.05) is 38.9 Å². The Morgan fingerprint density at radius 3 is 2.48 bits per heavy atom. The first-order valence-corrected chi connectivity index (χ1v) is 10.4. The van der Waals surface area contributed by atoms with Gasteiger partial charge in [-0.3, -0.25) is 14.4 Å². The van der Waals surface area contributed by atoms with Gasteiger partial charge in [-0.15, -0.1) is 23.7 Å². The summed E-state index contributed by atoms with van der Waals surface area (Å²) < 4.78 is 5.26. The number of nitrogens with zero attached hydrogens (tertiary/aromatic N) is 2. The van der Waals surface area contributed by atoms with Gasteiger partial charge in [-0.2, -0.15) is 0 Å². The number of amides is 3. The number of likely N-dealkylation sites (N-methyl/N-ethyl adjacent to an activating group) is 1. The third-order valence-corrected chi connectivity index (χ3v) is 5.32. The molecule has 168 valence electrons. The average Bonchev–Trinajstić information content (AvgIpc) is 3.43. The normalized spacial score (nSPS) is 17.7. The molecule has 1 fully saturated rings. The third-order valence-electron chi connectivity index (χ3n) is 4.60. The predicted octanol–water partition coefficient (Wildman–Crippen LogP) is 0.389. The molecule has 9 nitrogen and oxygen atoms in total. The molecule has 1 aromatic carbocycles. The summed E-state index contributed by atoms with van der Waals surface area (Å²) in [6.07, 6.45) is -0.853. The SMILES string of the molecule is CN(C)C(=O)[C@H](Cc1ccccc1)NC(=O)C1OC1C(=O)NCCc1csc(N)n1.Cl. The molecule has 1 saturated heterocycles. The van der Waals surface area contributed by atoms with Crippen LogP contribution in [0.1, 0.15) is 11.3 Å². The Balaban J connectivity index is 0.00000341. The van der Waals surface area contributed by atoms with Crippen LogP contribution in [0.4, 0.5) is 5.13 Å². The summed E-state index contributed by atoms with van der Waals surface area (Å²) in [5.41, 5.74) is 7.30. The molecule has 2 heterocycles. The molecule has 1 aromatic heterocycles. The first-order chi connectivity index (χ1) is 14.3. The van der Waals surface area contributed by atoms with E-state index >= 15 is 0 Å². The number of nitrogens with two attached hydrogens (primary N) is 1. The Morgan fingerprint density at radius 1 is 1.19 bits per heavy atom. The fourth-order valence-corrected chi connectivity index (χ4v) is 3.58. The molecule has 3 rings (SSSR count). The molecule has 2 unspecified atom stereocenters. The highest BCUT2D eigenvalue weighted by molar-refractivity contribution is 7.13. The van der Waals surface area contributed by atoms with Crippen LogP contribution < -0.4 is 16.4 Å². The van der Waals surface area contributed by atoms with Crippen LogP contribution in [-0.4, -0.2) is 66.5 Å². The largest absolute Gasteiger partial charge is 0.375 e. The molecule has 1 aliphatic heterocycles. The molecule has 0 spiro atoms. The number of hydrogen-bond acceptors (Lipinski definition) is 7. The summed E-state index contributed by atoms with van der Waals surface area (Å²) in [7, 11) is 3.26. The summed E-state index contributed by atoms with van der Waals surface area (Å²) in [6, 6.07) is 8.68. The summed E-state index contributed by atoms with van der Waals surface area (Å²) >= 11 is 1.34. The van der Waals surface area contributed by atoms with Gasteiger partial charge in [-0.05, 0) is 5.56 Å². The van der Waals surface area contributed by atoms with Crippen LogP contribution in [0.15, 0.2) is 35.7 Å². The van der Waals surface area contributed by atoms with Crippen LogP contribution in [0.3, 0.4) is 0 Å². The lowest BCUT2D eigenvalue weighted by atomic mass is 10.0. The Bertz CT molecular complexity index is 908. The fourth-order valence-electron chi connectivity index (χ4n) is 2.98. The van der Waals surface area contributed by atoms with Gasteiger partial charge >= 0.3 is 0 Å². The lowest BCUT2D eigenvalue weighted by Crippen LogP contribution is -2.49. The Kier molecular flexibility index (Phi) is 8.78. The predicted molar refractivity (Wildman–Crippen MR) is 120 cm³/mol. The second-order valence-electron chi connectivity index (χ2n) is 7.18. The summed E-state index contributed by atoms with van der Waals surface area (Å²) in [5.74, 6) is -1.06. The number of epoxide rings is 1. The number of carbonyl (C=O) groups excluding carboxylic acids is 3. The topological polar surface area (TPSA) is 130 Å². The number of aromatic nitrogens is 1. The number of benzene rings is 1. The van der Waals surface area contributed by atoms with Crippen molar-refractivity contribution < 1.29 is 19.1 Å². The number of nitrogen functional groups attached to an aromatic ring is 1. The highest BCUT2D eigenvalue weighted by Gasteiger charge is 2.50. The monoisotopic (exact) mass is 467 g/mol. The number of hydrogen-bond donors (Lipinski definition) is 3.